The Hall–Kier alpha value is -1.25. The maximum absolute atomic E-state index is 12.7. The van der Waals surface area contributed by atoms with Crippen LogP contribution in [0.15, 0.2) is 23.8 Å². The molecule has 3 heteroatoms. The monoisotopic (exact) mass is 737 g/mol. The molecule has 8 atom stereocenters. The van der Waals surface area contributed by atoms with Gasteiger partial charge < -0.3 is 9.47 Å². The fourth-order valence-corrected chi connectivity index (χ4v) is 12.1. The lowest BCUT2D eigenvalue weighted by atomic mass is 9.47. The molecular weight excluding hydrogens is 649 g/mol. The Bertz CT molecular complexity index is 1070. The predicted molar refractivity (Wildman–Crippen MR) is 227 cm³/mol. The van der Waals surface area contributed by atoms with Gasteiger partial charge in [-0.3, -0.25) is 0 Å². The molecule has 0 aromatic rings. The highest BCUT2D eigenvalue weighted by molar-refractivity contribution is 5.60. The first kappa shape index (κ1) is 44.5. The van der Waals surface area contributed by atoms with Crippen LogP contribution in [0.1, 0.15) is 228 Å². The van der Waals surface area contributed by atoms with Crippen LogP contribution in [0.4, 0.5) is 4.79 Å². The van der Waals surface area contributed by atoms with Gasteiger partial charge in [0.15, 0.2) is 0 Å². The fraction of sp³-hybridized carbons (Fsp3) is 0.900. The zero-order valence-electron chi connectivity index (χ0n) is 36.2. The van der Waals surface area contributed by atoms with E-state index in [2.05, 4.69) is 59.8 Å². The van der Waals surface area contributed by atoms with Crippen molar-refractivity contribution < 1.29 is 14.3 Å². The summed E-state index contributed by atoms with van der Waals surface area (Å²) in [7, 11) is 0. The summed E-state index contributed by atoms with van der Waals surface area (Å²) in [5, 5.41) is 0. The van der Waals surface area contributed by atoms with Gasteiger partial charge >= 0.3 is 6.16 Å². The van der Waals surface area contributed by atoms with Gasteiger partial charge in [-0.1, -0.05) is 168 Å². The lowest BCUT2D eigenvalue weighted by Crippen LogP contribution is -2.51. The number of hydrogen-bond donors (Lipinski definition) is 0. The molecule has 0 radical (unpaired) electrons. The van der Waals surface area contributed by atoms with Crippen LogP contribution in [-0.4, -0.2) is 18.9 Å². The van der Waals surface area contributed by atoms with Gasteiger partial charge in [0.2, 0.25) is 0 Å². The molecule has 3 fully saturated rings. The molecule has 0 amide bonds. The maximum atomic E-state index is 12.7. The molecule has 53 heavy (non-hydrogen) atoms. The number of fused-ring (bicyclic) bond motifs is 5. The Morgan fingerprint density at radius 3 is 2.00 bits per heavy atom. The first-order valence-electron chi connectivity index (χ1n) is 23.9. The van der Waals surface area contributed by atoms with Crippen LogP contribution in [0.25, 0.3) is 0 Å². The summed E-state index contributed by atoms with van der Waals surface area (Å²) in [5.41, 5.74) is 2.42. The molecule has 0 saturated heterocycles. The Labute approximate surface area is 330 Å². The molecule has 4 aliphatic carbocycles. The summed E-state index contributed by atoms with van der Waals surface area (Å²) < 4.78 is 11.5. The summed E-state index contributed by atoms with van der Waals surface area (Å²) in [5.74, 6) is 5.15. The van der Waals surface area contributed by atoms with E-state index in [9.17, 15) is 4.79 Å². The van der Waals surface area contributed by atoms with Crippen molar-refractivity contribution in [1.29, 1.82) is 0 Å². The Morgan fingerprint density at radius 1 is 0.736 bits per heavy atom. The molecule has 306 valence electrons. The van der Waals surface area contributed by atoms with Gasteiger partial charge in [0.1, 0.15) is 6.10 Å². The standard InChI is InChI=1S/C50H88O3/c1-7-8-9-10-11-12-13-14-15-16-17-18-19-20-21-22-23-24-25-26-38-52-48(51)53-43-34-36-49(5)42(39-43)30-31-44-46-33-32-45(41(4)29-27-28-40(2)3)50(46,6)37-35-47(44)49/h14-15,30,40-41,43-47H,7-13,16-29,31-39H2,1-6H3/b15-14-/t41-,43?,44?,45-,46?,47?,49+,50-/m1/s1. The second-order valence-electron chi connectivity index (χ2n) is 19.7. The molecule has 0 aromatic carbocycles. The predicted octanol–water partition coefficient (Wildman–Crippen LogP) is 16.1. The average Bonchev–Trinajstić information content (AvgIpc) is 3.49. The second-order valence-corrected chi connectivity index (χ2v) is 19.7. The molecule has 0 bridgehead atoms. The number of carbonyl (C=O) groups is 1. The maximum Gasteiger partial charge on any atom is 0.508 e. The van der Waals surface area contributed by atoms with Crippen LogP contribution in [0.5, 0.6) is 0 Å². The van der Waals surface area contributed by atoms with Crippen LogP contribution < -0.4 is 0 Å². The van der Waals surface area contributed by atoms with Gasteiger partial charge in [0.25, 0.3) is 0 Å². The third-order valence-electron chi connectivity index (χ3n) is 15.4. The average molecular weight is 737 g/mol. The Morgan fingerprint density at radius 2 is 1.36 bits per heavy atom. The van der Waals surface area contributed by atoms with Crippen molar-refractivity contribution in [2.75, 3.05) is 6.61 Å². The van der Waals surface area contributed by atoms with Crippen LogP contribution >= 0.6 is 0 Å². The highest BCUT2D eigenvalue weighted by atomic mass is 16.7. The SMILES string of the molecule is CCCCCCCC/C=C\CCCCCCCCCCCCOC(=O)OC1CC[C@@]2(C)C(=CCC3C2CC[C@@]2(C)C3CC[C@@H]2[C@H](C)CCCC(C)C)C1. The van der Waals surface area contributed by atoms with Crippen molar-refractivity contribution in [2.24, 2.45) is 46.3 Å². The van der Waals surface area contributed by atoms with E-state index in [0.29, 0.717) is 17.4 Å². The molecule has 0 N–H and O–H groups in total. The van der Waals surface area contributed by atoms with E-state index >= 15 is 0 Å². The molecule has 0 heterocycles. The quantitative estimate of drug-likeness (QED) is 0.0504. The Kier molecular flexibility index (Phi) is 19.9. The van der Waals surface area contributed by atoms with Crippen LogP contribution in [-0.2, 0) is 9.47 Å². The van der Waals surface area contributed by atoms with Gasteiger partial charge in [-0.2, -0.15) is 0 Å². The van der Waals surface area contributed by atoms with Crippen molar-refractivity contribution >= 4 is 6.16 Å². The molecular formula is C50H88O3. The van der Waals surface area contributed by atoms with Crippen molar-refractivity contribution in [3.05, 3.63) is 23.8 Å². The fourth-order valence-electron chi connectivity index (χ4n) is 12.1. The normalized spacial score (nSPS) is 30.2. The van der Waals surface area contributed by atoms with E-state index in [-0.39, 0.29) is 6.10 Å². The van der Waals surface area contributed by atoms with Crippen LogP contribution in [0.3, 0.4) is 0 Å². The van der Waals surface area contributed by atoms with Crippen molar-refractivity contribution in [2.45, 2.75) is 234 Å². The zero-order chi connectivity index (χ0) is 37.9. The highest BCUT2D eigenvalue weighted by Crippen LogP contribution is 2.67. The third kappa shape index (κ3) is 13.7. The van der Waals surface area contributed by atoms with Gasteiger partial charge in [-0.15, -0.1) is 0 Å². The van der Waals surface area contributed by atoms with E-state index in [0.717, 1.165) is 67.6 Å². The molecule has 4 rings (SSSR count). The number of ether oxygens (including phenoxy) is 2. The van der Waals surface area contributed by atoms with E-state index < -0.39 is 6.16 Å². The summed E-state index contributed by atoms with van der Waals surface area (Å²) in [6, 6.07) is 0. The third-order valence-corrected chi connectivity index (χ3v) is 15.4. The van der Waals surface area contributed by atoms with Crippen molar-refractivity contribution in [1.82, 2.24) is 0 Å². The van der Waals surface area contributed by atoms with E-state index in [4.69, 9.17) is 9.47 Å². The van der Waals surface area contributed by atoms with Crippen LogP contribution in [0, 0.1) is 46.3 Å². The number of carbonyl (C=O) groups excluding carboxylic acids is 1. The molecule has 0 aromatic heterocycles. The molecule has 4 unspecified atom stereocenters. The van der Waals surface area contributed by atoms with Crippen LogP contribution in [0.2, 0.25) is 0 Å². The molecule has 3 saturated carbocycles. The number of hydrogen-bond acceptors (Lipinski definition) is 3. The largest absolute Gasteiger partial charge is 0.508 e. The van der Waals surface area contributed by atoms with E-state index in [1.165, 1.54) is 154 Å². The number of rotatable bonds is 26. The minimum absolute atomic E-state index is 0.0128. The topological polar surface area (TPSA) is 35.5 Å². The van der Waals surface area contributed by atoms with E-state index in [1.54, 1.807) is 5.57 Å². The summed E-state index contributed by atoms with van der Waals surface area (Å²) in [4.78, 5) is 12.7. The smallest absolute Gasteiger partial charge is 0.434 e. The first-order valence-corrected chi connectivity index (χ1v) is 23.9. The first-order chi connectivity index (χ1) is 25.7. The lowest BCUT2D eigenvalue weighted by molar-refractivity contribution is -0.0617. The zero-order valence-corrected chi connectivity index (χ0v) is 36.2. The van der Waals surface area contributed by atoms with Gasteiger partial charge in [-0.05, 0) is 123 Å². The van der Waals surface area contributed by atoms with Gasteiger partial charge in [-0.25, -0.2) is 4.79 Å². The minimum atomic E-state index is -0.436. The molecule has 0 aliphatic heterocycles. The Balaban J connectivity index is 1.01. The van der Waals surface area contributed by atoms with Gasteiger partial charge in [0.05, 0.1) is 6.61 Å². The number of allylic oxidation sites excluding steroid dienone is 3. The van der Waals surface area contributed by atoms with Crippen molar-refractivity contribution in [3.63, 3.8) is 0 Å². The van der Waals surface area contributed by atoms with Gasteiger partial charge in [0, 0.05) is 6.42 Å². The van der Waals surface area contributed by atoms with E-state index in [1.807, 2.05) is 0 Å². The summed E-state index contributed by atoms with van der Waals surface area (Å²) in [6.07, 6.45) is 45.0. The molecule has 4 aliphatic rings. The second kappa shape index (κ2) is 23.7. The number of unbranched alkanes of at least 4 members (excludes halogenated alkanes) is 16. The highest BCUT2D eigenvalue weighted by Gasteiger charge is 2.59. The summed E-state index contributed by atoms with van der Waals surface area (Å²) in [6.45, 7) is 15.4. The molecule has 3 nitrogen and oxygen atoms in total. The van der Waals surface area contributed by atoms with Crippen molar-refractivity contribution in [3.8, 4) is 0 Å². The lowest BCUT2D eigenvalue weighted by Gasteiger charge is -2.58. The minimum Gasteiger partial charge on any atom is -0.434 e. The summed E-state index contributed by atoms with van der Waals surface area (Å²) >= 11 is 0. The molecule has 0 spiro atoms.